The summed E-state index contributed by atoms with van der Waals surface area (Å²) in [4.78, 5) is 0. The minimum absolute atomic E-state index is 0.473. The van der Waals surface area contributed by atoms with E-state index in [1.807, 2.05) is 6.07 Å². The molecule has 0 saturated heterocycles. The fraction of sp³-hybridized carbons (Fsp3) is 0.533. The van der Waals surface area contributed by atoms with E-state index in [9.17, 15) is 0 Å². The molecule has 1 unspecified atom stereocenters. The van der Waals surface area contributed by atoms with E-state index in [1.165, 1.54) is 19.3 Å². The molecular formula is C15H21ClN2. The Labute approximate surface area is 115 Å². The lowest BCUT2D eigenvalue weighted by Gasteiger charge is -2.20. The van der Waals surface area contributed by atoms with Crippen molar-refractivity contribution in [2.24, 2.45) is 0 Å². The number of hydrogen-bond donors (Lipinski definition) is 1. The molecule has 1 aromatic rings. The molecule has 0 aromatic heterocycles. The number of anilines is 1. The molecule has 1 aromatic carbocycles. The Bertz CT molecular complexity index is 409. The average molecular weight is 265 g/mol. The van der Waals surface area contributed by atoms with E-state index < -0.39 is 0 Å². The third-order valence-electron chi connectivity index (χ3n) is 3.00. The lowest BCUT2D eigenvalue weighted by Crippen LogP contribution is -2.19. The summed E-state index contributed by atoms with van der Waals surface area (Å²) < 4.78 is 0. The van der Waals surface area contributed by atoms with Gasteiger partial charge in [-0.1, -0.05) is 44.7 Å². The van der Waals surface area contributed by atoms with Crippen LogP contribution in [0.5, 0.6) is 0 Å². The second kappa shape index (κ2) is 8.00. The molecule has 0 radical (unpaired) electrons. The Morgan fingerprint density at radius 1 is 1.28 bits per heavy atom. The molecule has 1 atom stereocenters. The van der Waals surface area contributed by atoms with Crippen molar-refractivity contribution in [2.75, 3.05) is 5.32 Å². The second-order valence-corrected chi connectivity index (χ2v) is 4.99. The highest BCUT2D eigenvalue weighted by Crippen LogP contribution is 2.25. The van der Waals surface area contributed by atoms with Gasteiger partial charge in [-0.3, -0.25) is 0 Å². The molecule has 0 heterocycles. The summed E-state index contributed by atoms with van der Waals surface area (Å²) >= 11 is 6.17. The van der Waals surface area contributed by atoms with Crippen LogP contribution in [0.15, 0.2) is 18.2 Å². The minimum atomic E-state index is 0.473. The van der Waals surface area contributed by atoms with E-state index in [1.54, 1.807) is 12.1 Å². The Kier molecular flexibility index (Phi) is 6.60. The molecule has 0 spiro atoms. The first kappa shape index (κ1) is 14.9. The summed E-state index contributed by atoms with van der Waals surface area (Å²) in [6.07, 6.45) is 5.92. The van der Waals surface area contributed by atoms with Gasteiger partial charge in [-0.2, -0.15) is 5.26 Å². The Morgan fingerprint density at radius 2 is 2.06 bits per heavy atom. The highest BCUT2D eigenvalue weighted by atomic mass is 35.5. The van der Waals surface area contributed by atoms with Crippen LogP contribution in [0.3, 0.4) is 0 Å². The molecule has 1 N–H and O–H groups in total. The third-order valence-corrected chi connectivity index (χ3v) is 3.31. The van der Waals surface area contributed by atoms with Gasteiger partial charge >= 0.3 is 0 Å². The van der Waals surface area contributed by atoms with Crippen molar-refractivity contribution < 1.29 is 0 Å². The third kappa shape index (κ3) is 4.58. The van der Waals surface area contributed by atoms with Crippen LogP contribution in [0.1, 0.15) is 51.5 Å². The van der Waals surface area contributed by atoms with Gasteiger partial charge in [0.25, 0.3) is 0 Å². The van der Waals surface area contributed by atoms with Crippen molar-refractivity contribution in [3.05, 3.63) is 28.8 Å². The smallest absolute Gasteiger partial charge is 0.0992 e. The van der Waals surface area contributed by atoms with E-state index in [4.69, 9.17) is 16.9 Å². The lowest BCUT2D eigenvalue weighted by molar-refractivity contribution is 0.564. The van der Waals surface area contributed by atoms with E-state index in [0.29, 0.717) is 16.6 Å². The fourth-order valence-electron chi connectivity index (χ4n) is 2.01. The first-order valence-corrected chi connectivity index (χ1v) is 7.05. The zero-order chi connectivity index (χ0) is 13.4. The number of benzene rings is 1. The number of rotatable bonds is 7. The Balaban J connectivity index is 2.71. The first-order chi connectivity index (χ1) is 8.71. The highest BCUT2D eigenvalue weighted by Gasteiger charge is 2.09. The van der Waals surface area contributed by atoms with Gasteiger partial charge < -0.3 is 5.32 Å². The van der Waals surface area contributed by atoms with E-state index in [0.717, 1.165) is 18.5 Å². The number of halogens is 1. The fourth-order valence-corrected chi connectivity index (χ4v) is 2.24. The molecule has 98 valence electrons. The zero-order valence-electron chi connectivity index (χ0n) is 11.2. The van der Waals surface area contributed by atoms with Gasteiger partial charge in [0, 0.05) is 6.04 Å². The maximum absolute atomic E-state index is 8.81. The van der Waals surface area contributed by atoms with Crippen LogP contribution in [0.25, 0.3) is 0 Å². The van der Waals surface area contributed by atoms with Crippen molar-refractivity contribution in [2.45, 2.75) is 52.0 Å². The molecular weight excluding hydrogens is 244 g/mol. The standard InChI is InChI=1S/C15H21ClN2/c1-3-5-7-13(6-4-2)18-15-9-8-12(11-17)10-14(15)16/h8-10,13,18H,3-7H2,1-2H3. The predicted molar refractivity (Wildman–Crippen MR) is 78.0 cm³/mol. The van der Waals surface area contributed by atoms with Gasteiger partial charge in [0.15, 0.2) is 0 Å². The Hall–Kier alpha value is -1.20. The van der Waals surface area contributed by atoms with Gasteiger partial charge in [0.05, 0.1) is 22.3 Å². The van der Waals surface area contributed by atoms with Crippen molar-refractivity contribution in [1.82, 2.24) is 0 Å². The largest absolute Gasteiger partial charge is 0.381 e. The van der Waals surface area contributed by atoms with Crippen LogP contribution in [0.2, 0.25) is 5.02 Å². The number of hydrogen-bond acceptors (Lipinski definition) is 2. The van der Waals surface area contributed by atoms with Crippen LogP contribution in [-0.4, -0.2) is 6.04 Å². The number of nitriles is 1. The highest BCUT2D eigenvalue weighted by molar-refractivity contribution is 6.33. The van der Waals surface area contributed by atoms with Crippen molar-refractivity contribution in [3.63, 3.8) is 0 Å². The molecule has 0 aliphatic carbocycles. The van der Waals surface area contributed by atoms with Gasteiger partial charge in [-0.15, -0.1) is 0 Å². The van der Waals surface area contributed by atoms with Crippen molar-refractivity contribution >= 4 is 17.3 Å². The van der Waals surface area contributed by atoms with Gasteiger partial charge in [0.2, 0.25) is 0 Å². The van der Waals surface area contributed by atoms with Gasteiger partial charge in [0.1, 0.15) is 0 Å². The van der Waals surface area contributed by atoms with E-state index >= 15 is 0 Å². The van der Waals surface area contributed by atoms with Gasteiger partial charge in [-0.25, -0.2) is 0 Å². The number of nitrogens with one attached hydrogen (secondary N) is 1. The molecule has 0 fully saturated rings. The minimum Gasteiger partial charge on any atom is -0.381 e. The molecule has 0 bridgehead atoms. The van der Waals surface area contributed by atoms with Crippen molar-refractivity contribution in [1.29, 1.82) is 5.26 Å². The molecule has 3 heteroatoms. The van der Waals surface area contributed by atoms with Crippen LogP contribution >= 0.6 is 11.6 Å². The van der Waals surface area contributed by atoms with E-state index in [-0.39, 0.29) is 0 Å². The first-order valence-electron chi connectivity index (χ1n) is 6.67. The molecule has 0 amide bonds. The molecule has 0 aliphatic heterocycles. The summed E-state index contributed by atoms with van der Waals surface area (Å²) in [5.74, 6) is 0. The van der Waals surface area contributed by atoms with E-state index in [2.05, 4.69) is 25.2 Å². The van der Waals surface area contributed by atoms with Crippen LogP contribution < -0.4 is 5.32 Å². The monoisotopic (exact) mass is 264 g/mol. The zero-order valence-corrected chi connectivity index (χ0v) is 11.9. The normalized spacial score (nSPS) is 11.9. The number of unbranched alkanes of at least 4 members (excludes halogenated alkanes) is 1. The topological polar surface area (TPSA) is 35.8 Å². The second-order valence-electron chi connectivity index (χ2n) is 4.58. The summed E-state index contributed by atoms with van der Waals surface area (Å²) in [6.45, 7) is 4.40. The maximum atomic E-state index is 8.81. The predicted octanol–water partition coefficient (Wildman–Crippen LogP) is 4.98. The summed E-state index contributed by atoms with van der Waals surface area (Å²) in [7, 11) is 0. The summed E-state index contributed by atoms with van der Waals surface area (Å²) in [5.41, 5.74) is 1.54. The van der Waals surface area contributed by atoms with Gasteiger partial charge in [-0.05, 0) is 31.0 Å². The molecule has 0 saturated carbocycles. The maximum Gasteiger partial charge on any atom is 0.0992 e. The SMILES string of the molecule is CCCCC(CCC)Nc1ccc(C#N)cc1Cl. The average Bonchev–Trinajstić information content (AvgIpc) is 2.38. The molecule has 1 rings (SSSR count). The molecule has 2 nitrogen and oxygen atoms in total. The van der Waals surface area contributed by atoms with Crippen molar-refractivity contribution in [3.8, 4) is 6.07 Å². The van der Waals surface area contributed by atoms with Crippen LogP contribution in [0, 0.1) is 11.3 Å². The Morgan fingerprint density at radius 3 is 2.61 bits per heavy atom. The lowest BCUT2D eigenvalue weighted by atomic mass is 10.0. The summed E-state index contributed by atoms with van der Waals surface area (Å²) in [5, 5.41) is 12.9. The quantitative estimate of drug-likeness (QED) is 0.754. The van der Waals surface area contributed by atoms with Crippen LogP contribution in [-0.2, 0) is 0 Å². The molecule has 18 heavy (non-hydrogen) atoms. The molecule has 0 aliphatic rings. The summed E-state index contributed by atoms with van der Waals surface area (Å²) in [6, 6.07) is 7.98. The number of nitrogens with zero attached hydrogens (tertiary/aromatic N) is 1. The van der Waals surface area contributed by atoms with Crippen LogP contribution in [0.4, 0.5) is 5.69 Å².